The van der Waals surface area contributed by atoms with Crippen LogP contribution in [0.1, 0.15) is 78.6 Å². The van der Waals surface area contributed by atoms with E-state index in [9.17, 15) is 0 Å². The molecule has 0 aromatic rings. The third-order valence-corrected chi connectivity index (χ3v) is 10.1. The van der Waals surface area contributed by atoms with Crippen LogP contribution in [0.3, 0.4) is 0 Å². The van der Waals surface area contributed by atoms with Gasteiger partial charge < -0.3 is 9.74 Å². The molecule has 4 fully saturated rings. The lowest BCUT2D eigenvalue weighted by molar-refractivity contribution is -0.103. The minimum absolute atomic E-state index is 0.576. The van der Waals surface area contributed by atoms with Gasteiger partial charge in [0.25, 0.3) is 0 Å². The van der Waals surface area contributed by atoms with Gasteiger partial charge in [0.1, 0.15) is 6.61 Å². The van der Waals surface area contributed by atoms with Crippen LogP contribution < -0.4 is 0 Å². The van der Waals surface area contributed by atoms with E-state index in [1.165, 1.54) is 57.8 Å². The molecule has 4 rings (SSSR count). The average molecular weight is 401 g/mol. The van der Waals surface area contributed by atoms with Crippen LogP contribution in [0.2, 0.25) is 0 Å². The number of fused-ring (bicyclic) bond motifs is 5. The fourth-order valence-electron chi connectivity index (χ4n) is 7.98. The number of oxime groups is 1. The maximum atomic E-state index is 5.37. The minimum atomic E-state index is 0.576. The monoisotopic (exact) mass is 400 g/mol. The Kier molecular flexibility index (Phi) is 6.17. The zero-order valence-electron chi connectivity index (χ0n) is 19.6. The number of allylic oxidation sites excluding steroid dienone is 2. The summed E-state index contributed by atoms with van der Waals surface area (Å²) in [4.78, 5) is 7.49. The van der Waals surface area contributed by atoms with Crippen molar-refractivity contribution in [1.82, 2.24) is 4.90 Å². The predicted octanol–water partition coefficient (Wildman–Crippen LogP) is 6.16. The van der Waals surface area contributed by atoms with Crippen LogP contribution in [-0.2, 0) is 4.84 Å². The van der Waals surface area contributed by atoms with Gasteiger partial charge in [-0.15, -0.1) is 0 Å². The van der Waals surface area contributed by atoms with E-state index in [1.807, 2.05) is 6.21 Å². The van der Waals surface area contributed by atoms with E-state index in [1.54, 1.807) is 5.57 Å². The average Bonchev–Trinajstić information content (AvgIpc) is 2.99. The fourth-order valence-corrected chi connectivity index (χ4v) is 7.98. The standard InChI is InChI=1S/C26H44N2O/c1-19-6-9-23-22-8-7-21-18-20(12-15-27-29-17-16-28(4)5)10-13-26(21,3)24(22)11-14-25(19,23)2/h12,15,19,21-24H,6-11,13-14,16-18H2,1-5H3/b20-12+,27-15?/t19-,21?,22?,23?,24?,25+,26-/m0/s1. The van der Waals surface area contributed by atoms with Gasteiger partial charge in [0.15, 0.2) is 0 Å². The van der Waals surface area contributed by atoms with Crippen LogP contribution in [0.15, 0.2) is 16.8 Å². The highest BCUT2D eigenvalue weighted by molar-refractivity contribution is 5.71. The highest BCUT2D eigenvalue weighted by Gasteiger charge is 2.58. The van der Waals surface area contributed by atoms with Crippen LogP contribution in [-0.4, -0.2) is 38.4 Å². The van der Waals surface area contributed by atoms with E-state index in [4.69, 9.17) is 4.84 Å². The minimum Gasteiger partial charge on any atom is -0.394 e. The summed E-state index contributed by atoms with van der Waals surface area (Å²) in [5.41, 5.74) is 2.82. The molecule has 3 nitrogen and oxygen atoms in total. The second-order valence-corrected chi connectivity index (χ2v) is 11.6. The summed E-state index contributed by atoms with van der Waals surface area (Å²) in [7, 11) is 4.12. The Morgan fingerprint density at radius 2 is 1.83 bits per heavy atom. The molecule has 0 saturated heterocycles. The van der Waals surface area contributed by atoms with Crippen molar-refractivity contribution < 1.29 is 4.84 Å². The molecular formula is C26H44N2O. The molecule has 7 atom stereocenters. The Morgan fingerprint density at radius 3 is 2.62 bits per heavy atom. The van der Waals surface area contributed by atoms with E-state index in [2.05, 4.69) is 51.0 Å². The third kappa shape index (κ3) is 3.93. The molecule has 0 bridgehead atoms. The van der Waals surface area contributed by atoms with Gasteiger partial charge in [-0.3, -0.25) is 0 Å². The topological polar surface area (TPSA) is 24.8 Å². The maximum absolute atomic E-state index is 5.37. The lowest BCUT2D eigenvalue weighted by Crippen LogP contribution is -2.52. The summed E-state index contributed by atoms with van der Waals surface area (Å²) in [6.45, 7) is 9.42. The second kappa shape index (κ2) is 8.36. The molecule has 4 aliphatic carbocycles. The van der Waals surface area contributed by atoms with Crippen LogP contribution >= 0.6 is 0 Å². The van der Waals surface area contributed by atoms with Crippen molar-refractivity contribution in [2.75, 3.05) is 27.2 Å². The van der Waals surface area contributed by atoms with Gasteiger partial charge in [-0.25, -0.2) is 0 Å². The normalized spacial score (nSPS) is 46.0. The molecule has 0 aliphatic heterocycles. The molecule has 3 heteroatoms. The smallest absolute Gasteiger partial charge is 0.129 e. The van der Waals surface area contributed by atoms with Gasteiger partial charge in [0.2, 0.25) is 0 Å². The number of hydrogen-bond donors (Lipinski definition) is 0. The van der Waals surface area contributed by atoms with Crippen molar-refractivity contribution in [3.8, 4) is 0 Å². The van der Waals surface area contributed by atoms with Crippen LogP contribution in [0.4, 0.5) is 0 Å². The van der Waals surface area contributed by atoms with Gasteiger partial charge in [-0.05, 0) is 118 Å². The van der Waals surface area contributed by atoms with Gasteiger partial charge in [-0.2, -0.15) is 0 Å². The van der Waals surface area contributed by atoms with Crippen molar-refractivity contribution in [2.24, 2.45) is 45.6 Å². The first-order valence-corrected chi connectivity index (χ1v) is 12.3. The molecule has 0 spiro atoms. The van der Waals surface area contributed by atoms with Gasteiger partial charge in [0.05, 0.1) is 6.21 Å². The van der Waals surface area contributed by atoms with Crippen LogP contribution in [0.5, 0.6) is 0 Å². The molecule has 4 unspecified atom stereocenters. The van der Waals surface area contributed by atoms with Crippen LogP contribution in [0, 0.1) is 40.4 Å². The molecule has 0 amide bonds. The number of hydrogen-bond acceptors (Lipinski definition) is 3. The Bertz CT molecular complexity index is 641. The predicted molar refractivity (Wildman–Crippen MR) is 122 cm³/mol. The molecule has 164 valence electrons. The molecule has 0 N–H and O–H groups in total. The SMILES string of the molecule is C[C@H]1CCC2C3CCC4C/C(=C/C=NOCCN(C)C)CC[C@]4(C)C3CC[C@@]21C. The quantitative estimate of drug-likeness (QED) is 0.314. The summed E-state index contributed by atoms with van der Waals surface area (Å²) >= 11 is 0. The second-order valence-electron chi connectivity index (χ2n) is 11.6. The largest absolute Gasteiger partial charge is 0.394 e. The summed E-state index contributed by atoms with van der Waals surface area (Å²) in [6, 6.07) is 0. The highest BCUT2D eigenvalue weighted by Crippen LogP contribution is 2.67. The molecule has 0 heterocycles. The van der Waals surface area contributed by atoms with Crippen molar-refractivity contribution in [3.63, 3.8) is 0 Å². The Morgan fingerprint density at radius 1 is 1.03 bits per heavy atom. The van der Waals surface area contributed by atoms with E-state index < -0.39 is 0 Å². The zero-order valence-corrected chi connectivity index (χ0v) is 19.6. The Hall–Kier alpha value is -0.830. The first-order chi connectivity index (χ1) is 13.8. The van der Waals surface area contributed by atoms with Crippen molar-refractivity contribution in [2.45, 2.75) is 78.6 Å². The Labute approximate surface area is 179 Å². The summed E-state index contributed by atoms with van der Waals surface area (Å²) in [6.07, 6.45) is 17.0. The number of nitrogens with zero attached hydrogens (tertiary/aromatic N) is 2. The van der Waals surface area contributed by atoms with Crippen molar-refractivity contribution >= 4 is 6.21 Å². The van der Waals surface area contributed by atoms with Crippen molar-refractivity contribution in [1.29, 1.82) is 0 Å². The van der Waals surface area contributed by atoms with Crippen LogP contribution in [0.25, 0.3) is 0 Å². The van der Waals surface area contributed by atoms with E-state index >= 15 is 0 Å². The van der Waals surface area contributed by atoms with E-state index in [0.29, 0.717) is 17.4 Å². The number of rotatable bonds is 5. The molecule has 0 aromatic heterocycles. The van der Waals surface area contributed by atoms with E-state index in [-0.39, 0.29) is 0 Å². The molecule has 4 aliphatic rings. The lowest BCUT2D eigenvalue weighted by Gasteiger charge is -2.60. The summed E-state index contributed by atoms with van der Waals surface area (Å²) in [5.74, 6) is 4.83. The molecule has 0 aromatic carbocycles. The maximum Gasteiger partial charge on any atom is 0.129 e. The molecule has 0 radical (unpaired) electrons. The Balaban J connectivity index is 1.38. The third-order valence-electron chi connectivity index (χ3n) is 10.1. The van der Waals surface area contributed by atoms with Gasteiger partial charge in [0, 0.05) is 6.54 Å². The fraction of sp³-hybridized carbons (Fsp3) is 0.885. The highest BCUT2D eigenvalue weighted by atomic mass is 16.6. The molecule has 4 saturated carbocycles. The van der Waals surface area contributed by atoms with E-state index in [0.717, 1.165) is 36.1 Å². The van der Waals surface area contributed by atoms with Gasteiger partial charge >= 0.3 is 0 Å². The first kappa shape index (κ1) is 21.4. The zero-order chi connectivity index (χ0) is 20.6. The first-order valence-electron chi connectivity index (χ1n) is 12.3. The summed E-state index contributed by atoms with van der Waals surface area (Å²) in [5, 5.41) is 4.15. The molecule has 29 heavy (non-hydrogen) atoms. The van der Waals surface area contributed by atoms with Crippen molar-refractivity contribution in [3.05, 3.63) is 11.6 Å². The molecular weight excluding hydrogens is 356 g/mol. The summed E-state index contributed by atoms with van der Waals surface area (Å²) < 4.78 is 0. The lowest BCUT2D eigenvalue weighted by atomic mass is 9.44. The number of likely N-dealkylation sites (N-methyl/N-ethyl adjacent to an activating group) is 1. The van der Waals surface area contributed by atoms with Gasteiger partial charge in [-0.1, -0.05) is 31.5 Å².